The first-order valence-electron chi connectivity index (χ1n) is 4.98. The lowest BCUT2D eigenvalue weighted by Crippen LogP contribution is -2.02. The Hall–Kier alpha value is -1.89. The van der Waals surface area contributed by atoms with E-state index in [1.807, 2.05) is 0 Å². The Balaban J connectivity index is 2.31. The maximum atomic E-state index is 13.4. The third-order valence-electron chi connectivity index (χ3n) is 2.18. The predicted octanol–water partition coefficient (Wildman–Crippen LogP) is 2.71. The molecule has 3 N–H and O–H groups in total. The van der Waals surface area contributed by atoms with Crippen LogP contribution in [0.1, 0.15) is 0 Å². The molecule has 1 heterocycles. The summed E-state index contributed by atoms with van der Waals surface area (Å²) >= 11 is 3.33. The van der Waals surface area contributed by atoms with Crippen LogP contribution < -0.4 is 15.8 Å². The van der Waals surface area contributed by atoms with Gasteiger partial charge in [-0.05, 0) is 28.1 Å². The first-order valence-corrected chi connectivity index (χ1v) is 5.78. The summed E-state index contributed by atoms with van der Waals surface area (Å²) in [5.41, 5.74) is 6.03. The van der Waals surface area contributed by atoms with Crippen molar-refractivity contribution in [3.05, 3.63) is 34.7 Å². The quantitative estimate of drug-likeness (QED) is 0.911. The number of nitrogens with two attached hydrogens (primary N) is 1. The maximum Gasteiger partial charge on any atom is 0.222 e. The van der Waals surface area contributed by atoms with Crippen molar-refractivity contribution in [2.75, 3.05) is 18.2 Å². The van der Waals surface area contributed by atoms with Crippen molar-refractivity contribution >= 4 is 33.4 Å². The minimum Gasteiger partial charge on any atom is -0.495 e. The van der Waals surface area contributed by atoms with Gasteiger partial charge in [0.15, 0.2) is 11.6 Å². The van der Waals surface area contributed by atoms with Gasteiger partial charge in [0.2, 0.25) is 5.95 Å². The van der Waals surface area contributed by atoms with Gasteiger partial charge in [0.25, 0.3) is 0 Å². The zero-order valence-electron chi connectivity index (χ0n) is 9.45. The molecule has 5 nitrogen and oxygen atoms in total. The number of nitrogens with one attached hydrogen (secondary N) is 1. The van der Waals surface area contributed by atoms with Crippen molar-refractivity contribution in [2.45, 2.75) is 0 Å². The van der Waals surface area contributed by atoms with Gasteiger partial charge >= 0.3 is 0 Å². The highest BCUT2D eigenvalue weighted by Gasteiger charge is 2.07. The van der Waals surface area contributed by atoms with Crippen LogP contribution in [0.25, 0.3) is 0 Å². The summed E-state index contributed by atoms with van der Waals surface area (Å²) in [4.78, 5) is 7.32. The summed E-state index contributed by atoms with van der Waals surface area (Å²) < 4.78 is 19.4. The monoisotopic (exact) mass is 312 g/mol. The van der Waals surface area contributed by atoms with Crippen LogP contribution in [0.3, 0.4) is 0 Å². The van der Waals surface area contributed by atoms with E-state index in [9.17, 15) is 4.39 Å². The summed E-state index contributed by atoms with van der Waals surface area (Å²) in [6.07, 6.45) is 1.01. The van der Waals surface area contributed by atoms with Crippen LogP contribution in [-0.4, -0.2) is 17.1 Å². The van der Waals surface area contributed by atoms with E-state index in [1.165, 1.54) is 0 Å². The molecular formula is C11H10BrFN4O. The minimum absolute atomic E-state index is 0.00276. The van der Waals surface area contributed by atoms with Crippen molar-refractivity contribution in [2.24, 2.45) is 0 Å². The molecule has 2 aromatic rings. The van der Waals surface area contributed by atoms with E-state index in [0.29, 0.717) is 11.4 Å². The zero-order valence-corrected chi connectivity index (χ0v) is 11.0. The van der Waals surface area contributed by atoms with Crippen molar-refractivity contribution < 1.29 is 9.13 Å². The SMILES string of the molecule is COc1cc(Nc2nc(N)ncc2F)ccc1Br. The fraction of sp³-hybridized carbons (Fsp3) is 0.0909. The van der Waals surface area contributed by atoms with Gasteiger partial charge in [-0.2, -0.15) is 4.98 Å². The molecule has 0 radical (unpaired) electrons. The summed E-state index contributed by atoms with van der Waals surface area (Å²) in [7, 11) is 1.55. The second-order valence-electron chi connectivity index (χ2n) is 3.40. The Morgan fingerprint density at radius 2 is 2.22 bits per heavy atom. The third-order valence-corrected chi connectivity index (χ3v) is 2.83. The number of nitrogen functional groups attached to an aromatic ring is 1. The Bertz CT molecular complexity index is 579. The highest BCUT2D eigenvalue weighted by atomic mass is 79.9. The molecule has 0 bridgehead atoms. The molecule has 0 saturated heterocycles. The summed E-state index contributed by atoms with van der Waals surface area (Å²) in [5.74, 6) is 0.0726. The molecule has 0 aliphatic rings. The average molecular weight is 313 g/mol. The van der Waals surface area contributed by atoms with Crippen LogP contribution in [0, 0.1) is 5.82 Å². The smallest absolute Gasteiger partial charge is 0.222 e. The van der Waals surface area contributed by atoms with Gasteiger partial charge in [0, 0.05) is 11.8 Å². The minimum atomic E-state index is -0.578. The fourth-order valence-corrected chi connectivity index (χ4v) is 1.75. The second kappa shape index (κ2) is 5.18. The predicted molar refractivity (Wildman–Crippen MR) is 70.4 cm³/mol. The summed E-state index contributed by atoms with van der Waals surface area (Å²) in [5, 5.41) is 2.81. The average Bonchev–Trinajstić information content (AvgIpc) is 2.36. The number of hydrogen-bond donors (Lipinski definition) is 2. The number of benzene rings is 1. The number of aromatic nitrogens is 2. The molecule has 94 valence electrons. The van der Waals surface area contributed by atoms with Crippen LogP contribution in [-0.2, 0) is 0 Å². The van der Waals surface area contributed by atoms with Crippen molar-refractivity contribution in [3.8, 4) is 5.75 Å². The van der Waals surface area contributed by atoms with Crippen LogP contribution in [0.5, 0.6) is 5.75 Å². The van der Waals surface area contributed by atoms with Crippen LogP contribution in [0.15, 0.2) is 28.9 Å². The first kappa shape index (κ1) is 12.6. The van der Waals surface area contributed by atoms with E-state index < -0.39 is 5.82 Å². The van der Waals surface area contributed by atoms with Gasteiger partial charge in [-0.1, -0.05) is 0 Å². The van der Waals surface area contributed by atoms with E-state index in [4.69, 9.17) is 10.5 Å². The normalized spacial score (nSPS) is 10.2. The molecule has 0 unspecified atom stereocenters. The molecule has 0 spiro atoms. The second-order valence-corrected chi connectivity index (χ2v) is 4.25. The van der Waals surface area contributed by atoms with Gasteiger partial charge in [-0.3, -0.25) is 0 Å². The highest BCUT2D eigenvalue weighted by molar-refractivity contribution is 9.10. The molecule has 7 heteroatoms. The van der Waals surface area contributed by atoms with Gasteiger partial charge in [-0.25, -0.2) is 9.37 Å². The molecule has 0 saturated carbocycles. The molecule has 0 aliphatic carbocycles. The topological polar surface area (TPSA) is 73.1 Å². The van der Waals surface area contributed by atoms with Crippen molar-refractivity contribution in [1.82, 2.24) is 9.97 Å². The number of nitrogens with zero attached hydrogens (tertiary/aromatic N) is 2. The summed E-state index contributed by atoms with van der Waals surface area (Å²) in [6, 6.07) is 5.25. The van der Waals surface area contributed by atoms with E-state index in [2.05, 4.69) is 31.2 Å². The van der Waals surface area contributed by atoms with E-state index >= 15 is 0 Å². The number of halogens is 2. The zero-order chi connectivity index (χ0) is 13.1. The Labute approximate surface area is 111 Å². The first-order chi connectivity index (χ1) is 8.60. The molecule has 0 amide bonds. The third kappa shape index (κ3) is 2.67. The van der Waals surface area contributed by atoms with Gasteiger partial charge < -0.3 is 15.8 Å². The molecular weight excluding hydrogens is 303 g/mol. The Morgan fingerprint density at radius 3 is 2.94 bits per heavy atom. The Morgan fingerprint density at radius 1 is 1.44 bits per heavy atom. The lowest BCUT2D eigenvalue weighted by molar-refractivity contribution is 0.412. The van der Waals surface area contributed by atoms with E-state index in [-0.39, 0.29) is 11.8 Å². The lowest BCUT2D eigenvalue weighted by Gasteiger charge is -2.09. The van der Waals surface area contributed by atoms with Gasteiger partial charge in [0.05, 0.1) is 17.8 Å². The van der Waals surface area contributed by atoms with Crippen molar-refractivity contribution in [3.63, 3.8) is 0 Å². The summed E-state index contributed by atoms with van der Waals surface area (Å²) in [6.45, 7) is 0. The van der Waals surface area contributed by atoms with E-state index in [0.717, 1.165) is 10.7 Å². The molecule has 1 aromatic carbocycles. The number of methoxy groups -OCH3 is 1. The largest absolute Gasteiger partial charge is 0.495 e. The van der Waals surface area contributed by atoms with Gasteiger partial charge in [0.1, 0.15) is 5.75 Å². The van der Waals surface area contributed by atoms with E-state index in [1.54, 1.807) is 25.3 Å². The molecule has 2 rings (SSSR count). The molecule has 0 fully saturated rings. The number of ether oxygens (including phenoxy) is 1. The molecule has 18 heavy (non-hydrogen) atoms. The standard InChI is InChI=1S/C11H10BrFN4O/c1-18-9-4-6(2-3-7(9)12)16-10-8(13)5-15-11(14)17-10/h2-5H,1H3,(H3,14,15,16,17). The number of anilines is 3. The number of hydrogen-bond acceptors (Lipinski definition) is 5. The van der Waals surface area contributed by atoms with Crippen LogP contribution in [0.4, 0.5) is 21.8 Å². The van der Waals surface area contributed by atoms with Crippen LogP contribution in [0.2, 0.25) is 0 Å². The number of rotatable bonds is 3. The highest BCUT2D eigenvalue weighted by Crippen LogP contribution is 2.29. The maximum absolute atomic E-state index is 13.4. The van der Waals surface area contributed by atoms with Gasteiger partial charge in [-0.15, -0.1) is 0 Å². The fourth-order valence-electron chi connectivity index (χ4n) is 1.34. The van der Waals surface area contributed by atoms with Crippen LogP contribution >= 0.6 is 15.9 Å². The molecule has 1 aromatic heterocycles. The molecule has 0 aliphatic heterocycles. The molecule has 0 atom stereocenters. The lowest BCUT2D eigenvalue weighted by atomic mass is 10.3. The van der Waals surface area contributed by atoms with Crippen molar-refractivity contribution in [1.29, 1.82) is 0 Å². The Kier molecular flexibility index (Phi) is 3.61.